The van der Waals surface area contributed by atoms with Gasteiger partial charge >= 0.3 is 0 Å². The molecule has 0 aromatic carbocycles. The standard InChI is InChI=1S/C11H12N2/c1-10-4-2-3-9-13(10)11-5-7-12-8-6-11/h2-8H,9H2,1H3. The van der Waals surface area contributed by atoms with Gasteiger partial charge < -0.3 is 4.90 Å². The van der Waals surface area contributed by atoms with Crippen LogP contribution in [0.15, 0.2) is 48.5 Å². The van der Waals surface area contributed by atoms with Gasteiger partial charge in [-0.25, -0.2) is 0 Å². The molecule has 2 rings (SSSR count). The Morgan fingerprint density at radius 1 is 1.31 bits per heavy atom. The van der Waals surface area contributed by atoms with Gasteiger partial charge in [-0.15, -0.1) is 0 Å². The van der Waals surface area contributed by atoms with Crippen LogP contribution in [0.4, 0.5) is 5.69 Å². The molecule has 2 heterocycles. The van der Waals surface area contributed by atoms with Crippen LogP contribution in [0.3, 0.4) is 0 Å². The molecule has 1 aliphatic rings. The quantitative estimate of drug-likeness (QED) is 0.646. The molecule has 0 amide bonds. The second-order valence-electron chi connectivity index (χ2n) is 3.05. The molecule has 0 bridgehead atoms. The number of anilines is 1. The van der Waals surface area contributed by atoms with Crippen molar-refractivity contribution in [2.75, 3.05) is 11.4 Å². The first-order chi connectivity index (χ1) is 6.38. The third kappa shape index (κ3) is 1.61. The van der Waals surface area contributed by atoms with E-state index in [1.54, 1.807) is 0 Å². The molecule has 2 nitrogen and oxygen atoms in total. The zero-order chi connectivity index (χ0) is 9.10. The van der Waals surface area contributed by atoms with Crippen molar-refractivity contribution in [2.45, 2.75) is 6.92 Å². The number of hydrogen-bond donors (Lipinski definition) is 0. The van der Waals surface area contributed by atoms with E-state index in [9.17, 15) is 0 Å². The first kappa shape index (κ1) is 8.05. The molecule has 0 saturated heterocycles. The molecule has 0 saturated carbocycles. The average molecular weight is 172 g/mol. The van der Waals surface area contributed by atoms with E-state index in [0.29, 0.717) is 0 Å². The molecule has 1 aromatic heterocycles. The van der Waals surface area contributed by atoms with E-state index in [1.807, 2.05) is 24.5 Å². The maximum Gasteiger partial charge on any atom is 0.0441 e. The third-order valence-electron chi connectivity index (χ3n) is 2.16. The summed E-state index contributed by atoms with van der Waals surface area (Å²) in [5, 5.41) is 0. The van der Waals surface area contributed by atoms with E-state index in [2.05, 4.69) is 35.0 Å². The van der Waals surface area contributed by atoms with Gasteiger partial charge in [-0.05, 0) is 25.1 Å². The van der Waals surface area contributed by atoms with Crippen molar-refractivity contribution in [1.82, 2.24) is 4.98 Å². The Bertz CT molecular complexity index is 338. The molecule has 0 radical (unpaired) electrons. The third-order valence-corrected chi connectivity index (χ3v) is 2.16. The van der Waals surface area contributed by atoms with Crippen LogP contribution >= 0.6 is 0 Å². The number of pyridine rings is 1. The Kier molecular flexibility index (Phi) is 2.13. The average Bonchev–Trinajstić information content (AvgIpc) is 2.20. The highest BCUT2D eigenvalue weighted by atomic mass is 15.1. The fourth-order valence-corrected chi connectivity index (χ4v) is 1.44. The lowest BCUT2D eigenvalue weighted by molar-refractivity contribution is 0.989. The van der Waals surface area contributed by atoms with Crippen LogP contribution < -0.4 is 4.90 Å². The molecule has 0 aliphatic carbocycles. The zero-order valence-electron chi connectivity index (χ0n) is 7.64. The summed E-state index contributed by atoms with van der Waals surface area (Å²) in [5.41, 5.74) is 2.47. The van der Waals surface area contributed by atoms with E-state index in [-0.39, 0.29) is 0 Å². The molecule has 66 valence electrons. The monoisotopic (exact) mass is 172 g/mol. The van der Waals surface area contributed by atoms with Crippen molar-refractivity contribution >= 4 is 5.69 Å². The molecular formula is C11H12N2. The minimum absolute atomic E-state index is 0.951. The van der Waals surface area contributed by atoms with Crippen molar-refractivity contribution in [3.05, 3.63) is 48.5 Å². The molecule has 0 N–H and O–H groups in total. The molecule has 1 aliphatic heterocycles. The minimum atomic E-state index is 0.951. The van der Waals surface area contributed by atoms with Crippen LogP contribution in [0.1, 0.15) is 6.92 Å². The summed E-state index contributed by atoms with van der Waals surface area (Å²) in [5.74, 6) is 0. The Balaban J connectivity index is 2.28. The Hall–Kier alpha value is -1.57. The van der Waals surface area contributed by atoms with Crippen LogP contribution in [-0.4, -0.2) is 11.5 Å². The predicted molar refractivity (Wildman–Crippen MR) is 54.5 cm³/mol. The van der Waals surface area contributed by atoms with Crippen molar-refractivity contribution in [1.29, 1.82) is 0 Å². The molecule has 0 atom stereocenters. The molecule has 13 heavy (non-hydrogen) atoms. The van der Waals surface area contributed by atoms with E-state index < -0.39 is 0 Å². The Morgan fingerprint density at radius 3 is 2.77 bits per heavy atom. The van der Waals surface area contributed by atoms with E-state index >= 15 is 0 Å². The van der Waals surface area contributed by atoms with E-state index in [4.69, 9.17) is 0 Å². The van der Waals surface area contributed by atoms with Crippen LogP contribution in [0, 0.1) is 0 Å². The lowest BCUT2D eigenvalue weighted by Crippen LogP contribution is -2.22. The summed E-state index contributed by atoms with van der Waals surface area (Å²) >= 11 is 0. The molecule has 2 heteroatoms. The molecular weight excluding hydrogens is 160 g/mol. The van der Waals surface area contributed by atoms with Gasteiger partial charge in [0.1, 0.15) is 0 Å². The first-order valence-corrected chi connectivity index (χ1v) is 4.39. The number of aromatic nitrogens is 1. The lowest BCUT2D eigenvalue weighted by Gasteiger charge is -2.25. The van der Waals surface area contributed by atoms with Gasteiger partial charge in [-0.2, -0.15) is 0 Å². The lowest BCUT2D eigenvalue weighted by atomic mass is 10.2. The van der Waals surface area contributed by atoms with Crippen LogP contribution in [-0.2, 0) is 0 Å². The van der Waals surface area contributed by atoms with Gasteiger partial charge in [-0.1, -0.05) is 12.2 Å². The van der Waals surface area contributed by atoms with E-state index in [0.717, 1.165) is 6.54 Å². The second kappa shape index (κ2) is 3.44. The highest BCUT2D eigenvalue weighted by Gasteiger charge is 2.07. The van der Waals surface area contributed by atoms with Gasteiger partial charge in [0.25, 0.3) is 0 Å². The molecule has 0 unspecified atom stereocenters. The summed E-state index contributed by atoms with van der Waals surface area (Å²) in [7, 11) is 0. The van der Waals surface area contributed by atoms with Crippen molar-refractivity contribution in [2.24, 2.45) is 0 Å². The number of rotatable bonds is 1. The minimum Gasteiger partial charge on any atom is -0.341 e. The second-order valence-corrected chi connectivity index (χ2v) is 3.05. The summed E-state index contributed by atoms with van der Waals surface area (Å²) in [6, 6.07) is 4.05. The van der Waals surface area contributed by atoms with Crippen molar-refractivity contribution < 1.29 is 0 Å². The van der Waals surface area contributed by atoms with Gasteiger partial charge in [-0.3, -0.25) is 4.98 Å². The summed E-state index contributed by atoms with van der Waals surface area (Å²) in [4.78, 5) is 6.25. The predicted octanol–water partition coefficient (Wildman–Crippen LogP) is 2.36. The van der Waals surface area contributed by atoms with Crippen molar-refractivity contribution in [3.63, 3.8) is 0 Å². The van der Waals surface area contributed by atoms with Crippen LogP contribution in [0.5, 0.6) is 0 Å². The van der Waals surface area contributed by atoms with Crippen molar-refractivity contribution in [3.8, 4) is 0 Å². The topological polar surface area (TPSA) is 16.1 Å². The maximum atomic E-state index is 4.00. The fraction of sp³-hybridized carbons (Fsp3) is 0.182. The maximum absolute atomic E-state index is 4.00. The molecule has 0 fully saturated rings. The van der Waals surface area contributed by atoms with E-state index in [1.165, 1.54) is 11.4 Å². The zero-order valence-corrected chi connectivity index (χ0v) is 7.64. The molecule has 1 aromatic rings. The SMILES string of the molecule is CC1=CC=CCN1c1ccncc1. The van der Waals surface area contributed by atoms with Gasteiger partial charge in [0.2, 0.25) is 0 Å². The van der Waals surface area contributed by atoms with Crippen LogP contribution in [0.2, 0.25) is 0 Å². The first-order valence-electron chi connectivity index (χ1n) is 4.39. The van der Waals surface area contributed by atoms with Crippen LogP contribution in [0.25, 0.3) is 0 Å². The summed E-state index contributed by atoms with van der Waals surface area (Å²) < 4.78 is 0. The largest absolute Gasteiger partial charge is 0.341 e. The van der Waals surface area contributed by atoms with Gasteiger partial charge in [0, 0.05) is 30.3 Å². The smallest absolute Gasteiger partial charge is 0.0441 e. The number of hydrogen-bond acceptors (Lipinski definition) is 2. The van der Waals surface area contributed by atoms with Gasteiger partial charge in [0.05, 0.1) is 0 Å². The fourth-order valence-electron chi connectivity index (χ4n) is 1.44. The highest BCUT2D eigenvalue weighted by Crippen LogP contribution is 2.19. The van der Waals surface area contributed by atoms with Gasteiger partial charge in [0.15, 0.2) is 0 Å². The number of allylic oxidation sites excluding steroid dienone is 3. The highest BCUT2D eigenvalue weighted by molar-refractivity contribution is 5.53. The Labute approximate surface area is 78.2 Å². The number of nitrogens with zero attached hydrogens (tertiary/aromatic N) is 2. The summed E-state index contributed by atoms with van der Waals surface area (Å²) in [6.45, 7) is 3.07. The normalized spacial score (nSPS) is 15.8. The Morgan fingerprint density at radius 2 is 2.08 bits per heavy atom. The molecule has 0 spiro atoms. The summed E-state index contributed by atoms with van der Waals surface area (Å²) in [6.07, 6.45) is 9.99.